The van der Waals surface area contributed by atoms with E-state index in [-0.39, 0.29) is 0 Å². The van der Waals surface area contributed by atoms with E-state index in [4.69, 9.17) is 4.74 Å². The van der Waals surface area contributed by atoms with Crippen LogP contribution in [0, 0.1) is 18.3 Å². The van der Waals surface area contributed by atoms with E-state index in [0.717, 1.165) is 22.5 Å². The molecular weight excluding hydrogens is 288 g/mol. The van der Waals surface area contributed by atoms with Gasteiger partial charge >= 0.3 is 0 Å². The fraction of sp³-hybridized carbons (Fsp3) is 0.167. The van der Waals surface area contributed by atoms with Crippen LogP contribution in [0.25, 0.3) is 5.70 Å². The molecule has 114 valence electrons. The lowest BCUT2D eigenvalue weighted by Gasteiger charge is -2.28. The summed E-state index contributed by atoms with van der Waals surface area (Å²) in [5.74, 6) is 0.296. The highest BCUT2D eigenvalue weighted by molar-refractivity contribution is 5.90. The molecule has 3 rings (SSSR count). The van der Waals surface area contributed by atoms with E-state index in [1.54, 1.807) is 6.34 Å². The van der Waals surface area contributed by atoms with E-state index < -0.39 is 0 Å². The maximum absolute atomic E-state index is 9.40. The monoisotopic (exact) mass is 304 g/mol. The summed E-state index contributed by atoms with van der Waals surface area (Å²) in [4.78, 5) is 10.8. The average Bonchev–Trinajstić information content (AvgIpc) is 2.57. The molecule has 0 amide bonds. The van der Waals surface area contributed by atoms with Crippen molar-refractivity contribution in [3.63, 3.8) is 0 Å². The number of pyridine rings is 1. The fourth-order valence-corrected chi connectivity index (χ4v) is 2.64. The van der Waals surface area contributed by atoms with Gasteiger partial charge in [-0.1, -0.05) is 36.9 Å². The van der Waals surface area contributed by atoms with Crippen molar-refractivity contribution in [2.24, 2.45) is 4.99 Å². The molecule has 23 heavy (non-hydrogen) atoms. The SMILES string of the molecule is C=C1c2c(C)nc(OC)c(C#N)c2N=CN1Cc1ccccc1. The first-order valence-electron chi connectivity index (χ1n) is 7.18. The summed E-state index contributed by atoms with van der Waals surface area (Å²) in [6.45, 7) is 6.70. The number of methoxy groups -OCH3 is 1. The van der Waals surface area contributed by atoms with E-state index in [1.165, 1.54) is 7.11 Å². The van der Waals surface area contributed by atoms with Crippen LogP contribution < -0.4 is 4.74 Å². The minimum absolute atomic E-state index is 0.296. The van der Waals surface area contributed by atoms with Gasteiger partial charge in [0.15, 0.2) is 0 Å². The second-order valence-electron chi connectivity index (χ2n) is 5.22. The molecule has 0 saturated carbocycles. The first-order valence-corrected chi connectivity index (χ1v) is 7.18. The summed E-state index contributed by atoms with van der Waals surface area (Å²) in [5.41, 5.74) is 4.39. The van der Waals surface area contributed by atoms with Gasteiger partial charge in [-0.15, -0.1) is 0 Å². The third kappa shape index (κ3) is 2.55. The van der Waals surface area contributed by atoms with Gasteiger partial charge in [0.25, 0.3) is 0 Å². The van der Waals surface area contributed by atoms with Gasteiger partial charge in [0.2, 0.25) is 5.88 Å². The van der Waals surface area contributed by atoms with Crippen LogP contribution in [0.5, 0.6) is 5.88 Å². The van der Waals surface area contributed by atoms with Gasteiger partial charge in [-0.3, -0.25) is 0 Å². The van der Waals surface area contributed by atoms with Gasteiger partial charge in [0.1, 0.15) is 11.6 Å². The summed E-state index contributed by atoms with van der Waals surface area (Å²) in [5, 5.41) is 9.40. The van der Waals surface area contributed by atoms with E-state index in [9.17, 15) is 5.26 Å². The minimum Gasteiger partial charge on any atom is -0.480 e. The highest BCUT2D eigenvalue weighted by Gasteiger charge is 2.25. The molecule has 0 unspecified atom stereocenters. The van der Waals surface area contributed by atoms with Crippen molar-refractivity contribution in [1.29, 1.82) is 5.26 Å². The molecule has 0 fully saturated rings. The Labute approximate surface area is 135 Å². The maximum atomic E-state index is 9.40. The summed E-state index contributed by atoms with van der Waals surface area (Å²) < 4.78 is 5.19. The van der Waals surface area contributed by atoms with Gasteiger partial charge < -0.3 is 9.64 Å². The molecule has 0 N–H and O–H groups in total. The molecule has 1 aromatic heterocycles. The van der Waals surface area contributed by atoms with Gasteiger partial charge in [-0.25, -0.2) is 9.98 Å². The predicted octanol–water partition coefficient (Wildman–Crippen LogP) is 3.42. The number of aryl methyl sites for hydroxylation is 1. The summed E-state index contributed by atoms with van der Waals surface area (Å²) in [6, 6.07) is 12.2. The zero-order valence-electron chi connectivity index (χ0n) is 13.1. The lowest BCUT2D eigenvalue weighted by Crippen LogP contribution is -2.23. The van der Waals surface area contributed by atoms with Crippen molar-refractivity contribution in [3.8, 4) is 11.9 Å². The third-order valence-electron chi connectivity index (χ3n) is 3.78. The molecule has 0 saturated heterocycles. The Morgan fingerprint density at radius 2 is 2.04 bits per heavy atom. The Morgan fingerprint density at radius 1 is 1.30 bits per heavy atom. The summed E-state index contributed by atoms with van der Waals surface area (Å²) in [7, 11) is 1.50. The maximum Gasteiger partial charge on any atom is 0.233 e. The highest BCUT2D eigenvalue weighted by atomic mass is 16.5. The standard InChI is InChI=1S/C18H16N4O/c1-12-16-13(2)22(10-14-7-5-4-6-8-14)11-20-17(16)15(9-19)18(21-12)23-3/h4-8,11H,2,10H2,1,3H3. The lowest BCUT2D eigenvalue weighted by atomic mass is 10.0. The largest absolute Gasteiger partial charge is 0.480 e. The number of hydrogen-bond donors (Lipinski definition) is 0. The van der Waals surface area contributed by atoms with Gasteiger partial charge in [0, 0.05) is 17.8 Å². The topological polar surface area (TPSA) is 61.5 Å². The van der Waals surface area contributed by atoms with E-state index >= 15 is 0 Å². The molecule has 1 aliphatic rings. The second kappa shape index (κ2) is 5.93. The molecule has 1 aliphatic heterocycles. The number of nitrogens with zero attached hydrogens (tertiary/aromatic N) is 4. The molecule has 2 aromatic rings. The highest BCUT2D eigenvalue weighted by Crippen LogP contribution is 2.39. The van der Waals surface area contributed by atoms with Gasteiger partial charge in [0.05, 0.1) is 24.8 Å². The second-order valence-corrected chi connectivity index (χ2v) is 5.22. The van der Waals surface area contributed by atoms with Crippen LogP contribution in [0.3, 0.4) is 0 Å². The van der Waals surface area contributed by atoms with Crippen LogP contribution in [-0.2, 0) is 6.54 Å². The number of aromatic nitrogens is 1. The van der Waals surface area contributed by atoms with Crippen LogP contribution in [0.1, 0.15) is 22.4 Å². The molecule has 0 aliphatic carbocycles. The lowest BCUT2D eigenvalue weighted by molar-refractivity contribution is 0.395. The van der Waals surface area contributed by atoms with Gasteiger partial charge in [-0.2, -0.15) is 5.26 Å². The smallest absolute Gasteiger partial charge is 0.233 e. The summed E-state index contributed by atoms with van der Waals surface area (Å²) in [6.07, 6.45) is 1.71. The molecule has 0 atom stereocenters. The molecular formula is C18H16N4O. The van der Waals surface area contributed by atoms with Crippen molar-refractivity contribution in [1.82, 2.24) is 9.88 Å². The molecule has 0 spiro atoms. The van der Waals surface area contributed by atoms with Crippen molar-refractivity contribution in [3.05, 3.63) is 59.3 Å². The Kier molecular flexibility index (Phi) is 3.82. The van der Waals surface area contributed by atoms with Gasteiger partial charge in [-0.05, 0) is 12.5 Å². The number of ether oxygens (including phenoxy) is 1. The zero-order valence-corrected chi connectivity index (χ0v) is 13.1. The number of rotatable bonds is 3. The molecule has 5 heteroatoms. The number of aliphatic imine (C=N–C) groups is 1. The first-order chi connectivity index (χ1) is 11.2. The fourth-order valence-electron chi connectivity index (χ4n) is 2.64. The van der Waals surface area contributed by atoms with Crippen LogP contribution in [-0.4, -0.2) is 23.3 Å². The molecule has 0 radical (unpaired) electrons. The number of nitriles is 1. The quantitative estimate of drug-likeness (QED) is 0.871. The normalized spacial score (nSPS) is 12.7. The van der Waals surface area contributed by atoms with Crippen LogP contribution in [0.4, 0.5) is 5.69 Å². The number of hydrogen-bond acceptors (Lipinski definition) is 5. The van der Waals surface area contributed by atoms with Crippen molar-refractivity contribution >= 4 is 17.7 Å². The number of fused-ring (bicyclic) bond motifs is 1. The summed E-state index contributed by atoms with van der Waals surface area (Å²) >= 11 is 0. The van der Waals surface area contributed by atoms with E-state index in [1.807, 2.05) is 30.0 Å². The minimum atomic E-state index is 0.296. The molecule has 0 bridgehead atoms. The van der Waals surface area contributed by atoms with Crippen LogP contribution in [0.2, 0.25) is 0 Å². The average molecular weight is 304 g/mol. The van der Waals surface area contributed by atoms with Crippen molar-refractivity contribution in [2.75, 3.05) is 7.11 Å². The van der Waals surface area contributed by atoms with Crippen molar-refractivity contribution < 1.29 is 4.74 Å². The molecule has 1 aromatic carbocycles. The van der Waals surface area contributed by atoms with E-state index in [2.05, 4.69) is 34.8 Å². The van der Waals surface area contributed by atoms with Crippen molar-refractivity contribution in [2.45, 2.75) is 13.5 Å². The van der Waals surface area contributed by atoms with E-state index in [0.29, 0.717) is 23.7 Å². The Bertz CT molecular complexity index is 834. The predicted molar refractivity (Wildman–Crippen MR) is 89.4 cm³/mol. The number of benzene rings is 1. The Balaban J connectivity index is 2.03. The first kappa shape index (κ1) is 14.8. The van der Waals surface area contributed by atoms with Crippen LogP contribution in [0.15, 0.2) is 41.9 Å². The molecule has 5 nitrogen and oxygen atoms in total. The third-order valence-corrected chi connectivity index (χ3v) is 3.78. The molecule has 2 heterocycles. The zero-order chi connectivity index (χ0) is 16.4. The Hall–Kier alpha value is -3.13. The Morgan fingerprint density at radius 3 is 2.70 bits per heavy atom. The van der Waals surface area contributed by atoms with Crippen LogP contribution >= 0.6 is 0 Å².